The van der Waals surface area contributed by atoms with Crippen LogP contribution in [0.4, 0.5) is 0 Å². The Morgan fingerprint density at radius 2 is 1.06 bits per heavy atom. The summed E-state index contributed by atoms with van der Waals surface area (Å²) in [5.41, 5.74) is 1.83. The quantitative estimate of drug-likeness (QED) is 0.589. The van der Waals surface area contributed by atoms with Crippen LogP contribution in [-0.2, 0) is 20.4 Å². The molecule has 2 nitrogen and oxygen atoms in total. The number of rotatable bonds is 1. The zero-order valence-electron chi connectivity index (χ0n) is 10.2. The molecule has 2 rings (SSSR count). The predicted molar refractivity (Wildman–Crippen MR) is 69.5 cm³/mol. The van der Waals surface area contributed by atoms with Crippen molar-refractivity contribution in [2.75, 3.05) is 0 Å². The number of aromatic nitrogens is 2. The van der Waals surface area contributed by atoms with E-state index in [1.165, 1.54) is 0 Å². The molecule has 0 aliphatic rings. The maximum Gasteiger partial charge on any atom is 2.00 e. The van der Waals surface area contributed by atoms with Gasteiger partial charge in [-0.15, -0.1) is 0 Å². The Kier molecular flexibility index (Phi) is 14.0. The summed E-state index contributed by atoms with van der Waals surface area (Å²) >= 11 is 0. The molecule has 0 fully saturated rings. The van der Waals surface area contributed by atoms with Crippen molar-refractivity contribution in [2.45, 2.75) is 13.8 Å². The van der Waals surface area contributed by atoms with E-state index < -0.39 is 0 Å². The van der Waals surface area contributed by atoms with E-state index in [0.717, 1.165) is 11.4 Å². The van der Waals surface area contributed by atoms with E-state index in [-0.39, 0.29) is 20.4 Å². The minimum atomic E-state index is 0. The van der Waals surface area contributed by atoms with Gasteiger partial charge in [0.25, 0.3) is 0 Å². The minimum absolute atomic E-state index is 0. The van der Waals surface area contributed by atoms with Crippen LogP contribution in [0.25, 0.3) is 11.4 Å². The third-order valence-electron chi connectivity index (χ3n) is 1.59. The largest absolute Gasteiger partial charge is 2.00 e. The second-order valence-electron chi connectivity index (χ2n) is 2.43. The SMILES string of the molecule is [CH2-]C.[CH2-]C.[Pd+2].c1ccc(-c2ccccn2)nc1. The molecule has 2 aromatic rings. The smallest absolute Gasteiger partial charge is 0.346 e. The van der Waals surface area contributed by atoms with Crippen molar-refractivity contribution in [1.29, 1.82) is 0 Å². The standard InChI is InChI=1S/C10H8N2.2C2H5.Pd/c1-3-7-11-9(5-1)10-6-2-4-8-12-10;2*1-2;/h1-8H;2*1H2,2H3;/q;2*-1;+2. The van der Waals surface area contributed by atoms with Gasteiger partial charge in [-0.25, -0.2) is 0 Å². The monoisotopic (exact) mass is 320 g/mol. The number of hydrogen-bond acceptors (Lipinski definition) is 2. The van der Waals surface area contributed by atoms with Crippen molar-refractivity contribution < 1.29 is 20.4 Å². The molecule has 0 saturated carbocycles. The molecule has 0 spiro atoms. The summed E-state index contributed by atoms with van der Waals surface area (Å²) < 4.78 is 0. The number of pyridine rings is 2. The van der Waals surface area contributed by atoms with E-state index in [4.69, 9.17) is 0 Å². The van der Waals surface area contributed by atoms with E-state index in [0.29, 0.717) is 0 Å². The molecule has 17 heavy (non-hydrogen) atoms. The van der Waals surface area contributed by atoms with Crippen LogP contribution in [0.2, 0.25) is 0 Å². The molecule has 2 heterocycles. The molecule has 0 N–H and O–H groups in total. The number of nitrogens with zero attached hydrogens (tertiary/aromatic N) is 2. The van der Waals surface area contributed by atoms with Gasteiger partial charge in [0, 0.05) is 12.4 Å². The van der Waals surface area contributed by atoms with E-state index in [9.17, 15) is 0 Å². The minimum Gasteiger partial charge on any atom is -0.346 e. The maximum atomic E-state index is 4.19. The molecule has 0 aliphatic heterocycles. The van der Waals surface area contributed by atoms with E-state index in [2.05, 4.69) is 23.8 Å². The van der Waals surface area contributed by atoms with Crippen LogP contribution >= 0.6 is 0 Å². The third kappa shape index (κ3) is 6.99. The first-order valence-corrected chi connectivity index (χ1v) is 5.21. The zero-order valence-corrected chi connectivity index (χ0v) is 11.8. The van der Waals surface area contributed by atoms with Gasteiger partial charge in [0.15, 0.2) is 0 Å². The van der Waals surface area contributed by atoms with Gasteiger partial charge in [-0.05, 0) is 24.3 Å². The van der Waals surface area contributed by atoms with Gasteiger partial charge in [0.2, 0.25) is 0 Å². The Balaban J connectivity index is 0. The van der Waals surface area contributed by atoms with Gasteiger partial charge in [0.1, 0.15) is 0 Å². The van der Waals surface area contributed by atoms with Gasteiger partial charge >= 0.3 is 20.4 Å². The van der Waals surface area contributed by atoms with Crippen LogP contribution in [0.15, 0.2) is 48.8 Å². The van der Waals surface area contributed by atoms with Gasteiger partial charge in [-0.2, -0.15) is 13.8 Å². The van der Waals surface area contributed by atoms with Crippen LogP contribution in [0.5, 0.6) is 0 Å². The summed E-state index contributed by atoms with van der Waals surface area (Å²) in [6, 6.07) is 11.6. The molecule has 0 amide bonds. The van der Waals surface area contributed by atoms with Crippen LogP contribution < -0.4 is 0 Å². The summed E-state index contributed by atoms with van der Waals surface area (Å²) in [4.78, 5) is 8.37. The summed E-state index contributed by atoms with van der Waals surface area (Å²) in [6.45, 7) is 10.0. The Bertz CT molecular complexity index is 312. The first-order chi connectivity index (χ1) is 7.97. The topological polar surface area (TPSA) is 25.8 Å². The molecule has 0 radical (unpaired) electrons. The molecule has 3 heteroatoms. The van der Waals surface area contributed by atoms with E-state index >= 15 is 0 Å². The molecule has 0 aliphatic carbocycles. The first-order valence-electron chi connectivity index (χ1n) is 5.21. The average Bonchev–Trinajstić information content (AvgIpc) is 2.45. The van der Waals surface area contributed by atoms with Crippen molar-refractivity contribution in [3.05, 3.63) is 62.6 Å². The summed E-state index contributed by atoms with van der Waals surface area (Å²) in [5.74, 6) is 0. The summed E-state index contributed by atoms with van der Waals surface area (Å²) in [6.07, 6.45) is 3.54. The normalized spacial score (nSPS) is 7.53. The molecule has 2 aromatic heterocycles. The molecule has 0 bridgehead atoms. The maximum absolute atomic E-state index is 4.19. The fraction of sp³-hybridized carbons (Fsp3) is 0.143. The molecule has 0 aromatic carbocycles. The summed E-state index contributed by atoms with van der Waals surface area (Å²) in [7, 11) is 0. The van der Waals surface area contributed by atoms with Crippen LogP contribution in [0.3, 0.4) is 0 Å². The Hall–Kier alpha value is -1.04. The summed E-state index contributed by atoms with van der Waals surface area (Å²) in [5, 5.41) is 0. The molecule has 0 unspecified atom stereocenters. The predicted octanol–water partition coefficient (Wildman–Crippen LogP) is 3.82. The molecular formula is C14H18N2Pd. The van der Waals surface area contributed by atoms with Crippen molar-refractivity contribution in [3.8, 4) is 11.4 Å². The number of hydrogen-bond donors (Lipinski definition) is 0. The van der Waals surface area contributed by atoms with Crippen molar-refractivity contribution >= 4 is 0 Å². The first kappa shape index (κ1) is 18.3. The van der Waals surface area contributed by atoms with Crippen LogP contribution in [0, 0.1) is 13.8 Å². The fourth-order valence-electron chi connectivity index (χ4n) is 1.03. The van der Waals surface area contributed by atoms with E-state index in [1.54, 1.807) is 26.2 Å². The Morgan fingerprint density at radius 3 is 1.29 bits per heavy atom. The third-order valence-corrected chi connectivity index (χ3v) is 1.59. The molecule has 0 atom stereocenters. The second kappa shape index (κ2) is 13.0. The Labute approximate surface area is 118 Å². The molecule has 0 saturated heterocycles. The van der Waals surface area contributed by atoms with Gasteiger partial charge < -0.3 is 13.8 Å². The van der Waals surface area contributed by atoms with Crippen molar-refractivity contribution in [1.82, 2.24) is 9.97 Å². The van der Waals surface area contributed by atoms with Crippen LogP contribution in [0.1, 0.15) is 13.8 Å². The fourth-order valence-corrected chi connectivity index (χ4v) is 1.03. The van der Waals surface area contributed by atoms with Crippen molar-refractivity contribution in [2.24, 2.45) is 0 Å². The molecular weight excluding hydrogens is 303 g/mol. The van der Waals surface area contributed by atoms with Gasteiger partial charge in [0.05, 0.1) is 11.4 Å². The average molecular weight is 321 g/mol. The van der Waals surface area contributed by atoms with E-state index in [1.807, 2.05) is 36.4 Å². The Morgan fingerprint density at radius 1 is 0.706 bits per heavy atom. The zero-order chi connectivity index (χ0) is 12.2. The van der Waals surface area contributed by atoms with Crippen LogP contribution in [-0.4, -0.2) is 9.97 Å². The molecule has 94 valence electrons. The van der Waals surface area contributed by atoms with Gasteiger partial charge in [-0.3, -0.25) is 9.97 Å². The second-order valence-corrected chi connectivity index (χ2v) is 2.43. The van der Waals surface area contributed by atoms with Gasteiger partial charge in [-0.1, -0.05) is 12.1 Å². The van der Waals surface area contributed by atoms with Crippen molar-refractivity contribution in [3.63, 3.8) is 0 Å².